The van der Waals surface area contributed by atoms with Crippen molar-refractivity contribution in [1.82, 2.24) is 25.6 Å². The molecule has 2 aromatic rings. The number of hydrogen-bond donors (Lipinski definition) is 3. The fraction of sp³-hybridized carbons (Fsp3) is 0.412. The second kappa shape index (κ2) is 7.89. The van der Waals surface area contributed by atoms with Gasteiger partial charge in [0, 0.05) is 6.54 Å². The van der Waals surface area contributed by atoms with Crippen LogP contribution in [0, 0.1) is 0 Å². The Bertz CT molecular complexity index is 751. The lowest BCUT2D eigenvalue weighted by Crippen LogP contribution is -2.29. The van der Waals surface area contributed by atoms with Crippen LogP contribution >= 0.6 is 0 Å². The largest absolute Gasteiger partial charge is 0.352 e. The molecule has 2 amide bonds. The quantitative estimate of drug-likeness (QED) is 0.758. The van der Waals surface area contributed by atoms with E-state index in [1.165, 1.54) is 0 Å². The molecule has 1 saturated heterocycles. The normalized spacial score (nSPS) is 14.9. The lowest BCUT2D eigenvalue weighted by molar-refractivity contribution is 0.0956. The van der Waals surface area contributed by atoms with Gasteiger partial charge in [0.25, 0.3) is 11.8 Å². The Morgan fingerprint density at radius 1 is 1.24 bits per heavy atom. The summed E-state index contributed by atoms with van der Waals surface area (Å²) < 4.78 is 1.76. The van der Waals surface area contributed by atoms with E-state index in [-0.39, 0.29) is 23.6 Å². The summed E-state index contributed by atoms with van der Waals surface area (Å²) in [5.74, 6) is -0.603. The number of nitrogens with one attached hydrogen (secondary N) is 3. The summed E-state index contributed by atoms with van der Waals surface area (Å²) >= 11 is 0. The molecule has 1 aliphatic rings. The van der Waals surface area contributed by atoms with Gasteiger partial charge in [0.15, 0.2) is 5.69 Å². The molecule has 8 heteroatoms. The molecule has 1 aromatic heterocycles. The highest BCUT2D eigenvalue weighted by Gasteiger charge is 2.20. The average Bonchev–Trinajstić information content (AvgIpc) is 3.13. The molecule has 3 N–H and O–H groups in total. The number of carbonyl (C=O) groups excluding carboxylic acids is 2. The van der Waals surface area contributed by atoms with Crippen molar-refractivity contribution in [3.8, 4) is 0 Å². The second-order valence-electron chi connectivity index (χ2n) is 5.92. The molecule has 2 heterocycles. The van der Waals surface area contributed by atoms with Gasteiger partial charge in [0.2, 0.25) is 0 Å². The van der Waals surface area contributed by atoms with Crippen molar-refractivity contribution in [1.29, 1.82) is 0 Å². The highest BCUT2D eigenvalue weighted by atomic mass is 16.2. The van der Waals surface area contributed by atoms with Gasteiger partial charge in [-0.15, -0.1) is 5.10 Å². The number of piperidine rings is 1. The standard InChI is InChI=1S/C17H22N6O2/c1-2-19-16(24)13-5-3-4-6-14(13)20-17(25)15-11-23(22-21-15)12-7-9-18-10-8-12/h3-6,11-12,18H,2,7-10H2,1H3,(H,19,24)(H,20,25). The molecule has 0 bridgehead atoms. The predicted octanol–water partition coefficient (Wildman–Crippen LogP) is 1.20. The topological polar surface area (TPSA) is 101 Å². The Morgan fingerprint density at radius 3 is 2.76 bits per heavy atom. The maximum Gasteiger partial charge on any atom is 0.277 e. The van der Waals surface area contributed by atoms with Gasteiger partial charge in [0.05, 0.1) is 23.5 Å². The van der Waals surface area contributed by atoms with E-state index in [4.69, 9.17) is 0 Å². The van der Waals surface area contributed by atoms with Crippen molar-refractivity contribution in [2.24, 2.45) is 0 Å². The van der Waals surface area contributed by atoms with Gasteiger partial charge in [-0.05, 0) is 45.0 Å². The zero-order chi connectivity index (χ0) is 17.6. The number of benzene rings is 1. The van der Waals surface area contributed by atoms with Crippen LogP contribution in [0.1, 0.15) is 46.7 Å². The Morgan fingerprint density at radius 2 is 2.00 bits per heavy atom. The van der Waals surface area contributed by atoms with Crippen molar-refractivity contribution >= 4 is 17.5 Å². The molecule has 0 unspecified atom stereocenters. The van der Waals surface area contributed by atoms with Crippen LogP contribution in [0.15, 0.2) is 30.5 Å². The Balaban J connectivity index is 1.72. The summed E-state index contributed by atoms with van der Waals surface area (Å²) in [6.45, 7) is 4.24. The van der Waals surface area contributed by atoms with E-state index in [0.29, 0.717) is 17.8 Å². The summed E-state index contributed by atoms with van der Waals surface area (Å²) in [7, 11) is 0. The highest BCUT2D eigenvalue weighted by Crippen LogP contribution is 2.18. The van der Waals surface area contributed by atoms with Gasteiger partial charge in [-0.2, -0.15) is 0 Å². The number of rotatable bonds is 5. The number of anilines is 1. The highest BCUT2D eigenvalue weighted by molar-refractivity contribution is 6.08. The molecule has 0 aliphatic carbocycles. The number of para-hydroxylation sites is 1. The minimum absolute atomic E-state index is 0.225. The predicted molar refractivity (Wildman–Crippen MR) is 93.6 cm³/mol. The summed E-state index contributed by atoms with van der Waals surface area (Å²) in [5, 5.41) is 16.9. The van der Waals surface area contributed by atoms with E-state index in [1.54, 1.807) is 35.1 Å². The van der Waals surface area contributed by atoms with Crippen LogP contribution in [0.4, 0.5) is 5.69 Å². The first-order valence-corrected chi connectivity index (χ1v) is 8.50. The molecule has 1 aromatic carbocycles. The molecule has 3 rings (SSSR count). The molecular weight excluding hydrogens is 320 g/mol. The number of aromatic nitrogens is 3. The second-order valence-corrected chi connectivity index (χ2v) is 5.92. The zero-order valence-corrected chi connectivity index (χ0v) is 14.2. The fourth-order valence-corrected chi connectivity index (χ4v) is 2.86. The lowest BCUT2D eigenvalue weighted by Gasteiger charge is -2.22. The van der Waals surface area contributed by atoms with Crippen LogP contribution in [-0.2, 0) is 0 Å². The van der Waals surface area contributed by atoms with Gasteiger partial charge in [-0.25, -0.2) is 4.68 Å². The smallest absolute Gasteiger partial charge is 0.277 e. The molecule has 8 nitrogen and oxygen atoms in total. The Hall–Kier alpha value is -2.74. The van der Waals surface area contributed by atoms with E-state index < -0.39 is 0 Å². The van der Waals surface area contributed by atoms with Crippen LogP contribution in [-0.4, -0.2) is 46.4 Å². The van der Waals surface area contributed by atoms with Gasteiger partial charge >= 0.3 is 0 Å². The molecule has 0 atom stereocenters. The maximum atomic E-state index is 12.5. The molecule has 0 spiro atoms. The summed E-state index contributed by atoms with van der Waals surface area (Å²) in [6, 6.07) is 7.15. The number of amides is 2. The van der Waals surface area contributed by atoms with Crippen molar-refractivity contribution in [3.05, 3.63) is 41.7 Å². The third-order valence-electron chi connectivity index (χ3n) is 4.18. The molecule has 132 valence electrons. The first kappa shape index (κ1) is 17.1. The summed E-state index contributed by atoms with van der Waals surface area (Å²) in [4.78, 5) is 24.6. The average molecular weight is 342 g/mol. The van der Waals surface area contributed by atoms with Crippen LogP contribution in [0.3, 0.4) is 0 Å². The van der Waals surface area contributed by atoms with Crippen molar-refractivity contribution < 1.29 is 9.59 Å². The minimum atomic E-state index is -0.378. The minimum Gasteiger partial charge on any atom is -0.352 e. The fourth-order valence-electron chi connectivity index (χ4n) is 2.86. The maximum absolute atomic E-state index is 12.5. The van der Waals surface area contributed by atoms with Gasteiger partial charge < -0.3 is 16.0 Å². The van der Waals surface area contributed by atoms with Crippen molar-refractivity contribution in [2.45, 2.75) is 25.8 Å². The van der Waals surface area contributed by atoms with Gasteiger partial charge in [-0.3, -0.25) is 9.59 Å². The van der Waals surface area contributed by atoms with Crippen LogP contribution in [0.5, 0.6) is 0 Å². The van der Waals surface area contributed by atoms with E-state index in [2.05, 4.69) is 26.3 Å². The third kappa shape index (κ3) is 4.03. The molecule has 0 saturated carbocycles. The molecule has 25 heavy (non-hydrogen) atoms. The third-order valence-corrected chi connectivity index (χ3v) is 4.18. The first-order chi connectivity index (χ1) is 12.2. The number of carbonyl (C=O) groups is 2. The van der Waals surface area contributed by atoms with Gasteiger partial charge in [-0.1, -0.05) is 17.3 Å². The van der Waals surface area contributed by atoms with Crippen molar-refractivity contribution in [2.75, 3.05) is 25.0 Å². The molecule has 0 radical (unpaired) electrons. The molecule has 1 fully saturated rings. The zero-order valence-electron chi connectivity index (χ0n) is 14.2. The Kier molecular flexibility index (Phi) is 5.39. The number of nitrogens with zero attached hydrogens (tertiary/aromatic N) is 3. The van der Waals surface area contributed by atoms with E-state index in [9.17, 15) is 9.59 Å². The number of hydrogen-bond acceptors (Lipinski definition) is 5. The SMILES string of the molecule is CCNC(=O)c1ccccc1NC(=O)c1cn(C2CCNCC2)nn1. The summed E-state index contributed by atoms with van der Waals surface area (Å²) in [6.07, 6.45) is 3.59. The monoisotopic (exact) mass is 342 g/mol. The summed E-state index contributed by atoms with van der Waals surface area (Å²) in [5.41, 5.74) is 1.11. The van der Waals surface area contributed by atoms with Crippen molar-refractivity contribution in [3.63, 3.8) is 0 Å². The van der Waals surface area contributed by atoms with Crippen LogP contribution in [0.25, 0.3) is 0 Å². The van der Waals surface area contributed by atoms with Gasteiger partial charge in [0.1, 0.15) is 0 Å². The molecular formula is C17H22N6O2. The Labute approximate surface area is 146 Å². The van der Waals surface area contributed by atoms with Crippen LogP contribution in [0.2, 0.25) is 0 Å². The van der Waals surface area contributed by atoms with E-state index in [0.717, 1.165) is 25.9 Å². The molecule has 1 aliphatic heterocycles. The van der Waals surface area contributed by atoms with E-state index in [1.807, 2.05) is 6.92 Å². The first-order valence-electron chi connectivity index (χ1n) is 8.50. The van der Waals surface area contributed by atoms with Crippen LogP contribution < -0.4 is 16.0 Å². The lowest BCUT2D eigenvalue weighted by atomic mass is 10.1. The van der Waals surface area contributed by atoms with E-state index >= 15 is 0 Å².